The number of hydrogen-bond donors (Lipinski definition) is 3. The Balaban J connectivity index is 1.89. The summed E-state index contributed by atoms with van der Waals surface area (Å²) in [7, 11) is -3.15. The molecular formula is C16H26N4O2S. The van der Waals surface area contributed by atoms with Crippen LogP contribution in [-0.2, 0) is 15.4 Å². The van der Waals surface area contributed by atoms with Gasteiger partial charge >= 0.3 is 0 Å². The van der Waals surface area contributed by atoms with Crippen LogP contribution in [-0.4, -0.2) is 46.8 Å². The molecule has 1 fully saturated rings. The average Bonchev–Trinajstić information content (AvgIpc) is 3.30. The second kappa shape index (κ2) is 7.79. The molecule has 0 spiro atoms. The molecule has 0 bridgehead atoms. The fourth-order valence-electron chi connectivity index (χ4n) is 2.47. The van der Waals surface area contributed by atoms with Crippen molar-refractivity contribution in [2.75, 3.05) is 32.4 Å². The average molecular weight is 338 g/mol. The van der Waals surface area contributed by atoms with Gasteiger partial charge in [-0.05, 0) is 25.3 Å². The highest BCUT2D eigenvalue weighted by molar-refractivity contribution is 7.88. The minimum Gasteiger partial charge on any atom is -0.357 e. The standard InChI is InChI=1S/C16H26N4O2S/c1-3-17-15(18-11-12-20-23(2,21)22)19-13-16(9-10-16)14-7-5-4-6-8-14/h4-8,20H,3,9-13H2,1-2H3,(H2,17,18,19). The van der Waals surface area contributed by atoms with Gasteiger partial charge in [-0.25, -0.2) is 13.1 Å². The lowest BCUT2D eigenvalue weighted by molar-refractivity contribution is 0.586. The normalized spacial score (nSPS) is 16.9. The van der Waals surface area contributed by atoms with E-state index in [1.54, 1.807) is 0 Å². The molecule has 0 saturated heterocycles. The molecule has 0 radical (unpaired) electrons. The summed E-state index contributed by atoms with van der Waals surface area (Å²) < 4.78 is 24.5. The second-order valence-electron chi connectivity index (χ2n) is 5.93. The molecule has 1 aromatic rings. The van der Waals surface area contributed by atoms with Crippen LogP contribution in [0.4, 0.5) is 0 Å². The Hall–Kier alpha value is -1.60. The Bertz CT molecular complexity index is 625. The Morgan fingerprint density at radius 3 is 2.43 bits per heavy atom. The van der Waals surface area contributed by atoms with Crippen molar-refractivity contribution in [1.29, 1.82) is 0 Å². The molecule has 3 N–H and O–H groups in total. The van der Waals surface area contributed by atoms with E-state index in [-0.39, 0.29) is 5.41 Å². The van der Waals surface area contributed by atoms with E-state index in [9.17, 15) is 8.42 Å². The number of benzene rings is 1. The summed E-state index contributed by atoms with van der Waals surface area (Å²) in [6.07, 6.45) is 3.48. The first kappa shape index (κ1) is 17.7. The smallest absolute Gasteiger partial charge is 0.208 e. The van der Waals surface area contributed by atoms with Crippen LogP contribution in [0.5, 0.6) is 0 Å². The van der Waals surface area contributed by atoms with Crippen LogP contribution in [0, 0.1) is 0 Å². The maximum Gasteiger partial charge on any atom is 0.208 e. The molecule has 1 saturated carbocycles. The summed E-state index contributed by atoms with van der Waals surface area (Å²) in [5.74, 6) is 0.727. The van der Waals surface area contributed by atoms with Crippen molar-refractivity contribution in [1.82, 2.24) is 15.4 Å². The van der Waals surface area contributed by atoms with Crippen molar-refractivity contribution in [3.8, 4) is 0 Å². The Morgan fingerprint density at radius 1 is 1.17 bits per heavy atom. The van der Waals surface area contributed by atoms with E-state index in [4.69, 9.17) is 0 Å². The molecule has 128 valence electrons. The number of aliphatic imine (C=N–C) groups is 1. The highest BCUT2D eigenvalue weighted by Crippen LogP contribution is 2.48. The minimum absolute atomic E-state index is 0.175. The number of nitrogens with one attached hydrogen (secondary N) is 3. The van der Waals surface area contributed by atoms with Gasteiger partial charge in [0.05, 0.1) is 12.8 Å². The summed E-state index contributed by atoms with van der Waals surface area (Å²) in [4.78, 5) is 4.68. The van der Waals surface area contributed by atoms with E-state index in [1.807, 2.05) is 13.0 Å². The van der Waals surface area contributed by atoms with Gasteiger partial charge < -0.3 is 10.6 Å². The van der Waals surface area contributed by atoms with Gasteiger partial charge in [-0.15, -0.1) is 0 Å². The summed E-state index contributed by atoms with van der Waals surface area (Å²) in [5, 5.41) is 6.35. The van der Waals surface area contributed by atoms with Gasteiger partial charge in [0.2, 0.25) is 10.0 Å². The zero-order valence-corrected chi connectivity index (χ0v) is 14.6. The lowest BCUT2D eigenvalue weighted by Gasteiger charge is -2.16. The fourth-order valence-corrected chi connectivity index (χ4v) is 2.94. The highest BCUT2D eigenvalue weighted by Gasteiger charge is 2.43. The SMILES string of the molecule is CCNC(=NCC1(c2ccccc2)CC1)NCCNS(C)(=O)=O. The molecule has 0 aliphatic heterocycles. The van der Waals surface area contributed by atoms with Crippen LogP contribution < -0.4 is 15.4 Å². The lowest BCUT2D eigenvalue weighted by Crippen LogP contribution is -2.41. The van der Waals surface area contributed by atoms with E-state index in [0.717, 1.165) is 38.1 Å². The van der Waals surface area contributed by atoms with Crippen molar-refractivity contribution >= 4 is 16.0 Å². The van der Waals surface area contributed by atoms with Crippen LogP contribution in [0.1, 0.15) is 25.3 Å². The third kappa shape index (κ3) is 5.84. The maximum absolute atomic E-state index is 11.0. The molecule has 23 heavy (non-hydrogen) atoms. The first-order chi connectivity index (χ1) is 11.0. The van der Waals surface area contributed by atoms with Gasteiger partial charge in [0, 0.05) is 25.0 Å². The molecule has 0 atom stereocenters. The van der Waals surface area contributed by atoms with E-state index in [1.165, 1.54) is 5.56 Å². The zero-order valence-electron chi connectivity index (χ0n) is 13.8. The third-order valence-electron chi connectivity index (χ3n) is 3.91. The Morgan fingerprint density at radius 2 is 1.87 bits per heavy atom. The Labute approximate surface area is 138 Å². The molecule has 1 aliphatic rings. The van der Waals surface area contributed by atoms with Crippen LogP contribution in [0.25, 0.3) is 0 Å². The van der Waals surface area contributed by atoms with E-state index >= 15 is 0 Å². The summed E-state index contributed by atoms with van der Waals surface area (Å²) in [6.45, 7) is 4.36. The number of rotatable bonds is 8. The van der Waals surface area contributed by atoms with Gasteiger partial charge in [-0.1, -0.05) is 30.3 Å². The van der Waals surface area contributed by atoms with Crippen molar-refractivity contribution in [3.63, 3.8) is 0 Å². The quantitative estimate of drug-likeness (QED) is 0.372. The fraction of sp³-hybridized carbons (Fsp3) is 0.562. The van der Waals surface area contributed by atoms with Crippen molar-refractivity contribution in [3.05, 3.63) is 35.9 Å². The van der Waals surface area contributed by atoms with Gasteiger partial charge in [0.1, 0.15) is 0 Å². The molecule has 0 aromatic heterocycles. The number of guanidine groups is 1. The number of hydrogen-bond acceptors (Lipinski definition) is 3. The van der Waals surface area contributed by atoms with Crippen LogP contribution in [0.2, 0.25) is 0 Å². The van der Waals surface area contributed by atoms with E-state index in [0.29, 0.717) is 13.1 Å². The van der Waals surface area contributed by atoms with E-state index in [2.05, 4.69) is 44.6 Å². The lowest BCUT2D eigenvalue weighted by atomic mass is 9.96. The van der Waals surface area contributed by atoms with Crippen LogP contribution in [0.15, 0.2) is 35.3 Å². The molecule has 0 amide bonds. The highest BCUT2D eigenvalue weighted by atomic mass is 32.2. The summed E-state index contributed by atoms with van der Waals surface area (Å²) in [6, 6.07) is 10.5. The van der Waals surface area contributed by atoms with Crippen LogP contribution >= 0.6 is 0 Å². The van der Waals surface area contributed by atoms with Gasteiger partial charge in [0.25, 0.3) is 0 Å². The molecule has 0 unspecified atom stereocenters. The molecule has 1 aromatic carbocycles. The Kier molecular flexibility index (Phi) is 6.01. The van der Waals surface area contributed by atoms with Crippen molar-refractivity contribution in [2.45, 2.75) is 25.2 Å². The van der Waals surface area contributed by atoms with Crippen molar-refractivity contribution in [2.24, 2.45) is 4.99 Å². The number of sulfonamides is 1. The predicted octanol–water partition coefficient (Wildman–Crippen LogP) is 0.823. The molecular weight excluding hydrogens is 312 g/mol. The number of nitrogens with zero attached hydrogens (tertiary/aromatic N) is 1. The predicted molar refractivity (Wildman–Crippen MR) is 94.2 cm³/mol. The first-order valence-corrected chi connectivity index (χ1v) is 9.87. The van der Waals surface area contributed by atoms with Crippen LogP contribution in [0.3, 0.4) is 0 Å². The maximum atomic E-state index is 11.0. The van der Waals surface area contributed by atoms with Crippen molar-refractivity contribution < 1.29 is 8.42 Å². The molecule has 7 heteroatoms. The summed E-state index contributed by atoms with van der Waals surface area (Å²) >= 11 is 0. The first-order valence-electron chi connectivity index (χ1n) is 7.97. The second-order valence-corrected chi connectivity index (χ2v) is 7.77. The topological polar surface area (TPSA) is 82.6 Å². The largest absolute Gasteiger partial charge is 0.357 e. The van der Waals surface area contributed by atoms with Gasteiger partial charge in [-0.2, -0.15) is 0 Å². The monoisotopic (exact) mass is 338 g/mol. The van der Waals surface area contributed by atoms with Gasteiger partial charge in [0.15, 0.2) is 5.96 Å². The minimum atomic E-state index is -3.15. The molecule has 1 aliphatic carbocycles. The molecule has 0 heterocycles. The zero-order chi connectivity index (χ0) is 16.8. The third-order valence-corrected chi connectivity index (χ3v) is 4.63. The van der Waals surface area contributed by atoms with E-state index < -0.39 is 10.0 Å². The molecule has 6 nitrogen and oxygen atoms in total. The summed E-state index contributed by atoms with van der Waals surface area (Å²) in [5.41, 5.74) is 1.52. The van der Waals surface area contributed by atoms with Gasteiger partial charge in [-0.3, -0.25) is 4.99 Å². The molecule has 2 rings (SSSR count).